The second-order valence-corrected chi connectivity index (χ2v) is 5.27. The summed E-state index contributed by atoms with van der Waals surface area (Å²) in [5.41, 5.74) is 0. The first kappa shape index (κ1) is 12.0. The average molecular weight is 222 g/mol. The lowest BCUT2D eigenvalue weighted by atomic mass is 9.84. The van der Waals surface area contributed by atoms with Crippen molar-refractivity contribution in [2.24, 2.45) is 11.8 Å². The molecule has 0 saturated carbocycles. The molecule has 0 aromatic carbocycles. The van der Waals surface area contributed by atoms with Gasteiger partial charge in [-0.25, -0.2) is 0 Å². The Morgan fingerprint density at radius 2 is 2.19 bits per heavy atom. The monoisotopic (exact) mass is 222 g/mol. The summed E-state index contributed by atoms with van der Waals surface area (Å²) in [6.45, 7) is 5.14. The molecule has 2 rings (SSSR count). The summed E-state index contributed by atoms with van der Waals surface area (Å²) < 4.78 is 12.1. The van der Waals surface area contributed by atoms with E-state index in [1.165, 1.54) is 6.42 Å². The first-order chi connectivity index (χ1) is 7.67. The Bertz CT molecular complexity index is 273. The Kier molecular flexibility index (Phi) is 3.56. The summed E-state index contributed by atoms with van der Waals surface area (Å²) in [5, 5.41) is 0. The van der Waals surface area contributed by atoms with Crippen molar-refractivity contribution in [3.05, 3.63) is 0 Å². The molecule has 4 atom stereocenters. The highest BCUT2D eigenvalue weighted by atomic mass is 16.7. The minimum atomic E-state index is -0.305. The van der Waals surface area contributed by atoms with Gasteiger partial charge >= 0.3 is 0 Å². The van der Waals surface area contributed by atoms with E-state index in [0.29, 0.717) is 5.92 Å². The van der Waals surface area contributed by atoms with Crippen LogP contribution in [0.25, 0.3) is 0 Å². The summed E-state index contributed by atoms with van der Waals surface area (Å²) in [5.74, 6) is 3.22. The largest absolute Gasteiger partial charge is 0.350 e. The first-order valence-corrected chi connectivity index (χ1v) is 6.45. The van der Waals surface area contributed by atoms with Gasteiger partial charge in [-0.2, -0.15) is 0 Å². The highest BCUT2D eigenvalue weighted by molar-refractivity contribution is 4.98. The van der Waals surface area contributed by atoms with Gasteiger partial charge in [0.25, 0.3) is 0 Å². The van der Waals surface area contributed by atoms with E-state index in [-0.39, 0.29) is 17.8 Å². The predicted octanol–water partition coefficient (Wildman–Crippen LogP) is 2.97. The van der Waals surface area contributed by atoms with Crippen LogP contribution in [0.15, 0.2) is 0 Å². The zero-order valence-electron chi connectivity index (χ0n) is 10.4. The molecule has 2 nitrogen and oxygen atoms in total. The lowest BCUT2D eigenvalue weighted by molar-refractivity contribution is -0.308. The fourth-order valence-corrected chi connectivity index (χ4v) is 2.84. The van der Waals surface area contributed by atoms with Crippen molar-refractivity contribution in [1.29, 1.82) is 0 Å². The Labute approximate surface area is 98.7 Å². The van der Waals surface area contributed by atoms with Gasteiger partial charge in [-0.05, 0) is 32.1 Å². The molecule has 2 aliphatic rings. The average Bonchev–Trinajstić information content (AvgIpc) is 2.33. The minimum absolute atomic E-state index is 0.164. The Morgan fingerprint density at radius 1 is 1.38 bits per heavy atom. The van der Waals surface area contributed by atoms with E-state index in [1.54, 1.807) is 0 Å². The molecule has 0 aliphatic carbocycles. The fraction of sp³-hybridized carbons (Fsp3) is 0.857. The van der Waals surface area contributed by atoms with Crippen LogP contribution in [0.3, 0.4) is 0 Å². The van der Waals surface area contributed by atoms with Crippen LogP contribution in [0.5, 0.6) is 0 Å². The molecule has 2 saturated heterocycles. The number of hydrogen-bond acceptors (Lipinski definition) is 2. The summed E-state index contributed by atoms with van der Waals surface area (Å²) in [6.07, 6.45) is 11.3. The molecule has 2 fully saturated rings. The molecule has 0 N–H and O–H groups in total. The zero-order chi connectivity index (χ0) is 11.6. The molecule has 1 spiro atoms. The van der Waals surface area contributed by atoms with Gasteiger partial charge in [0.15, 0.2) is 5.79 Å². The van der Waals surface area contributed by atoms with Crippen molar-refractivity contribution in [3.8, 4) is 12.3 Å². The van der Waals surface area contributed by atoms with E-state index in [0.717, 1.165) is 32.3 Å². The van der Waals surface area contributed by atoms with E-state index >= 15 is 0 Å². The van der Waals surface area contributed by atoms with Crippen LogP contribution in [0.1, 0.15) is 46.0 Å². The van der Waals surface area contributed by atoms with Crippen LogP contribution in [-0.2, 0) is 9.47 Å². The van der Waals surface area contributed by atoms with Crippen LogP contribution >= 0.6 is 0 Å². The van der Waals surface area contributed by atoms with Crippen LogP contribution in [0, 0.1) is 24.2 Å². The van der Waals surface area contributed by atoms with Crippen LogP contribution in [0.4, 0.5) is 0 Å². The van der Waals surface area contributed by atoms with Crippen molar-refractivity contribution in [3.63, 3.8) is 0 Å². The third kappa shape index (κ3) is 2.26. The molecule has 2 aliphatic heterocycles. The van der Waals surface area contributed by atoms with Crippen molar-refractivity contribution >= 4 is 0 Å². The summed E-state index contributed by atoms with van der Waals surface area (Å²) in [7, 11) is 0. The minimum Gasteiger partial charge on any atom is -0.350 e. The Hall–Kier alpha value is -0.520. The molecular weight excluding hydrogens is 200 g/mol. The van der Waals surface area contributed by atoms with Gasteiger partial charge in [-0.1, -0.05) is 6.92 Å². The Balaban J connectivity index is 2.06. The smallest absolute Gasteiger partial charge is 0.168 e. The number of rotatable bonds is 1. The molecular formula is C14H22O2. The molecule has 16 heavy (non-hydrogen) atoms. The van der Waals surface area contributed by atoms with Crippen LogP contribution in [-0.4, -0.2) is 18.5 Å². The molecule has 2 heteroatoms. The first-order valence-electron chi connectivity index (χ1n) is 6.45. The SMILES string of the molecule is C#C[C@H](C)[C@@H]1O[C@]2(CCCCO2)CC[C@H]1C. The van der Waals surface area contributed by atoms with Gasteiger partial charge in [-0.3, -0.25) is 0 Å². The highest BCUT2D eigenvalue weighted by Gasteiger charge is 2.43. The highest BCUT2D eigenvalue weighted by Crippen LogP contribution is 2.41. The van der Waals surface area contributed by atoms with Gasteiger partial charge in [0.2, 0.25) is 0 Å². The van der Waals surface area contributed by atoms with E-state index < -0.39 is 0 Å². The molecule has 0 amide bonds. The van der Waals surface area contributed by atoms with Gasteiger partial charge in [0.05, 0.1) is 12.7 Å². The van der Waals surface area contributed by atoms with Gasteiger partial charge < -0.3 is 9.47 Å². The fourth-order valence-electron chi connectivity index (χ4n) is 2.84. The van der Waals surface area contributed by atoms with Crippen molar-refractivity contribution in [1.82, 2.24) is 0 Å². The van der Waals surface area contributed by atoms with Crippen molar-refractivity contribution < 1.29 is 9.47 Å². The third-order valence-corrected chi connectivity index (χ3v) is 3.97. The van der Waals surface area contributed by atoms with Crippen molar-refractivity contribution in [2.75, 3.05) is 6.61 Å². The third-order valence-electron chi connectivity index (χ3n) is 3.97. The second kappa shape index (κ2) is 4.77. The summed E-state index contributed by atoms with van der Waals surface area (Å²) in [6, 6.07) is 0. The standard InChI is InChI=1S/C14H22O2/c1-4-11(2)13-12(3)7-9-14(16-13)8-5-6-10-15-14/h1,11-13H,5-10H2,2-3H3/t11-,12+,13-,14+/m0/s1. The lowest BCUT2D eigenvalue weighted by Gasteiger charge is -2.46. The zero-order valence-corrected chi connectivity index (χ0v) is 10.4. The normalized spacial score (nSPS) is 41.6. The molecule has 0 unspecified atom stereocenters. The maximum atomic E-state index is 6.22. The molecule has 2 heterocycles. The number of ether oxygens (including phenoxy) is 2. The van der Waals surface area contributed by atoms with E-state index in [4.69, 9.17) is 15.9 Å². The van der Waals surface area contributed by atoms with Gasteiger partial charge in [0, 0.05) is 18.8 Å². The predicted molar refractivity (Wildman–Crippen MR) is 63.8 cm³/mol. The van der Waals surface area contributed by atoms with Crippen LogP contribution < -0.4 is 0 Å². The number of terminal acetylenes is 1. The maximum absolute atomic E-state index is 6.22. The maximum Gasteiger partial charge on any atom is 0.168 e. The topological polar surface area (TPSA) is 18.5 Å². The van der Waals surface area contributed by atoms with E-state index in [1.807, 2.05) is 0 Å². The second-order valence-electron chi connectivity index (χ2n) is 5.27. The Morgan fingerprint density at radius 3 is 2.81 bits per heavy atom. The molecule has 0 bridgehead atoms. The molecule has 0 aromatic heterocycles. The lowest BCUT2D eigenvalue weighted by Crippen LogP contribution is -2.49. The molecule has 0 aromatic rings. The van der Waals surface area contributed by atoms with Crippen LogP contribution in [0.2, 0.25) is 0 Å². The quantitative estimate of drug-likeness (QED) is 0.635. The van der Waals surface area contributed by atoms with E-state index in [9.17, 15) is 0 Å². The number of hydrogen-bond donors (Lipinski definition) is 0. The summed E-state index contributed by atoms with van der Waals surface area (Å²) in [4.78, 5) is 0. The molecule has 0 radical (unpaired) electrons. The molecule has 90 valence electrons. The van der Waals surface area contributed by atoms with E-state index in [2.05, 4.69) is 19.8 Å². The summed E-state index contributed by atoms with van der Waals surface area (Å²) >= 11 is 0. The van der Waals surface area contributed by atoms with Crippen molar-refractivity contribution in [2.45, 2.75) is 57.8 Å². The van der Waals surface area contributed by atoms with Gasteiger partial charge in [-0.15, -0.1) is 12.3 Å². The van der Waals surface area contributed by atoms with Gasteiger partial charge in [0.1, 0.15) is 0 Å².